The molecule has 0 spiro atoms. The lowest BCUT2D eigenvalue weighted by Crippen LogP contribution is -2.34. The maximum atomic E-state index is 12.9. The molecule has 124 valence electrons. The molecule has 0 unspecified atom stereocenters. The first-order chi connectivity index (χ1) is 11.7. The van der Waals surface area contributed by atoms with Crippen molar-refractivity contribution in [1.82, 2.24) is 4.98 Å². The highest BCUT2D eigenvalue weighted by Gasteiger charge is 2.28. The molecule has 1 aromatic carbocycles. The van der Waals surface area contributed by atoms with Crippen LogP contribution in [0, 0.1) is 5.92 Å². The number of amides is 1. The van der Waals surface area contributed by atoms with Gasteiger partial charge >= 0.3 is 0 Å². The standard InChI is InChI=1S/C18H17ClN2O3/c19-15-6-13(7-16-18(15)24-11-23-16)8-17(22)21(10-12-3-4-12)14-2-1-5-20-9-14/h1-2,5-7,9,12H,3-4,8,10-11H2. The number of hydrogen-bond acceptors (Lipinski definition) is 4. The third-order valence-corrected chi connectivity index (χ3v) is 4.52. The molecule has 5 nitrogen and oxygen atoms in total. The Labute approximate surface area is 145 Å². The highest BCUT2D eigenvalue weighted by atomic mass is 35.5. The van der Waals surface area contributed by atoms with Crippen LogP contribution < -0.4 is 14.4 Å². The van der Waals surface area contributed by atoms with E-state index in [0.29, 0.717) is 22.4 Å². The Morgan fingerprint density at radius 2 is 2.21 bits per heavy atom. The van der Waals surface area contributed by atoms with Crippen molar-refractivity contribution in [1.29, 1.82) is 0 Å². The number of fused-ring (bicyclic) bond motifs is 1. The van der Waals surface area contributed by atoms with Gasteiger partial charge in [0.05, 0.1) is 23.3 Å². The van der Waals surface area contributed by atoms with Crippen molar-refractivity contribution in [2.75, 3.05) is 18.2 Å². The van der Waals surface area contributed by atoms with E-state index >= 15 is 0 Å². The maximum absolute atomic E-state index is 12.9. The average Bonchev–Trinajstić information content (AvgIpc) is 3.28. The van der Waals surface area contributed by atoms with Crippen molar-refractivity contribution in [3.63, 3.8) is 0 Å². The van der Waals surface area contributed by atoms with Gasteiger partial charge in [-0.1, -0.05) is 11.6 Å². The molecular weight excluding hydrogens is 328 g/mol. The van der Waals surface area contributed by atoms with Gasteiger partial charge in [0.25, 0.3) is 0 Å². The van der Waals surface area contributed by atoms with Crippen LogP contribution in [-0.4, -0.2) is 24.2 Å². The Morgan fingerprint density at radius 3 is 2.96 bits per heavy atom. The molecule has 4 rings (SSSR count). The van der Waals surface area contributed by atoms with Gasteiger partial charge < -0.3 is 14.4 Å². The van der Waals surface area contributed by atoms with Crippen LogP contribution in [0.25, 0.3) is 0 Å². The zero-order valence-corrected chi connectivity index (χ0v) is 13.8. The fourth-order valence-corrected chi connectivity index (χ4v) is 3.10. The summed E-state index contributed by atoms with van der Waals surface area (Å²) in [6.07, 6.45) is 6.06. The first-order valence-corrected chi connectivity index (χ1v) is 8.37. The number of halogens is 1. The number of carbonyl (C=O) groups is 1. The molecule has 2 heterocycles. The fourth-order valence-electron chi connectivity index (χ4n) is 2.82. The number of anilines is 1. The number of pyridine rings is 1. The van der Waals surface area contributed by atoms with Crippen molar-refractivity contribution >= 4 is 23.2 Å². The quantitative estimate of drug-likeness (QED) is 0.833. The Hall–Kier alpha value is -2.27. The lowest BCUT2D eigenvalue weighted by molar-refractivity contribution is -0.118. The van der Waals surface area contributed by atoms with E-state index in [9.17, 15) is 4.79 Å². The summed E-state index contributed by atoms with van der Waals surface area (Å²) in [5, 5.41) is 0.475. The highest BCUT2D eigenvalue weighted by molar-refractivity contribution is 6.32. The number of carbonyl (C=O) groups excluding carboxylic acids is 1. The van der Waals surface area contributed by atoms with E-state index in [-0.39, 0.29) is 19.1 Å². The van der Waals surface area contributed by atoms with Gasteiger partial charge in [-0.25, -0.2) is 0 Å². The molecular formula is C18H17ClN2O3. The van der Waals surface area contributed by atoms with E-state index in [1.54, 1.807) is 18.5 Å². The number of hydrogen-bond donors (Lipinski definition) is 0. The second-order valence-electron chi connectivity index (χ2n) is 6.15. The summed E-state index contributed by atoms with van der Waals surface area (Å²) in [7, 11) is 0. The third-order valence-electron chi connectivity index (χ3n) is 4.24. The molecule has 0 bridgehead atoms. The summed E-state index contributed by atoms with van der Waals surface area (Å²) in [5.41, 5.74) is 1.65. The van der Waals surface area contributed by atoms with Gasteiger partial charge in [0.2, 0.25) is 12.7 Å². The maximum Gasteiger partial charge on any atom is 0.231 e. The zero-order valence-electron chi connectivity index (χ0n) is 13.1. The fraction of sp³-hybridized carbons (Fsp3) is 0.333. The first kappa shape index (κ1) is 15.3. The first-order valence-electron chi connectivity index (χ1n) is 7.99. The SMILES string of the molecule is O=C(Cc1cc(Cl)c2c(c1)OCO2)N(CC1CC1)c1cccnc1. The second-order valence-corrected chi connectivity index (χ2v) is 6.55. The van der Waals surface area contributed by atoms with E-state index in [2.05, 4.69) is 4.98 Å². The predicted molar refractivity (Wildman–Crippen MR) is 90.6 cm³/mol. The summed E-state index contributed by atoms with van der Waals surface area (Å²) in [6, 6.07) is 7.36. The van der Waals surface area contributed by atoms with Crippen LogP contribution in [0.15, 0.2) is 36.7 Å². The molecule has 0 radical (unpaired) electrons. The van der Waals surface area contributed by atoms with Gasteiger partial charge in [0, 0.05) is 12.7 Å². The van der Waals surface area contributed by atoms with Crippen molar-refractivity contribution < 1.29 is 14.3 Å². The molecule has 1 amide bonds. The van der Waals surface area contributed by atoms with Crippen molar-refractivity contribution in [3.8, 4) is 11.5 Å². The molecule has 0 N–H and O–H groups in total. The molecule has 0 atom stereocenters. The average molecular weight is 345 g/mol. The van der Waals surface area contributed by atoms with Crippen molar-refractivity contribution in [2.24, 2.45) is 5.92 Å². The zero-order chi connectivity index (χ0) is 16.5. The predicted octanol–water partition coefficient (Wildman–Crippen LogP) is 3.45. The molecule has 1 saturated carbocycles. The van der Waals surface area contributed by atoms with Gasteiger partial charge in [-0.2, -0.15) is 0 Å². The lowest BCUT2D eigenvalue weighted by atomic mass is 10.1. The van der Waals surface area contributed by atoms with Crippen LogP contribution in [0.1, 0.15) is 18.4 Å². The topological polar surface area (TPSA) is 51.7 Å². The van der Waals surface area contributed by atoms with E-state index < -0.39 is 0 Å². The van der Waals surface area contributed by atoms with Gasteiger partial charge in [-0.05, 0) is 48.6 Å². The third kappa shape index (κ3) is 3.17. The van der Waals surface area contributed by atoms with Crippen LogP contribution in [0.5, 0.6) is 11.5 Å². The second kappa shape index (κ2) is 6.32. The van der Waals surface area contributed by atoms with Gasteiger partial charge in [-0.15, -0.1) is 0 Å². The Kier molecular flexibility index (Phi) is 4.02. The molecule has 2 aromatic rings. The molecule has 2 aliphatic rings. The molecule has 6 heteroatoms. The number of rotatable bonds is 5. The number of benzene rings is 1. The molecule has 24 heavy (non-hydrogen) atoms. The lowest BCUT2D eigenvalue weighted by Gasteiger charge is -2.22. The van der Waals surface area contributed by atoms with Crippen LogP contribution >= 0.6 is 11.6 Å². The normalized spacial score (nSPS) is 15.4. The Morgan fingerprint density at radius 1 is 1.33 bits per heavy atom. The van der Waals surface area contributed by atoms with Crippen molar-refractivity contribution in [2.45, 2.75) is 19.3 Å². The van der Waals surface area contributed by atoms with E-state index in [1.165, 1.54) is 12.8 Å². The van der Waals surface area contributed by atoms with E-state index in [1.807, 2.05) is 23.1 Å². The summed E-state index contributed by atoms with van der Waals surface area (Å²) in [6.45, 7) is 0.902. The largest absolute Gasteiger partial charge is 0.454 e. The Balaban J connectivity index is 1.56. The minimum Gasteiger partial charge on any atom is -0.454 e. The number of aromatic nitrogens is 1. The Bertz CT molecular complexity index is 762. The molecule has 1 aliphatic heterocycles. The monoisotopic (exact) mass is 344 g/mol. The van der Waals surface area contributed by atoms with Crippen LogP contribution in [0.4, 0.5) is 5.69 Å². The summed E-state index contributed by atoms with van der Waals surface area (Å²) >= 11 is 6.21. The van der Waals surface area contributed by atoms with Gasteiger partial charge in [-0.3, -0.25) is 9.78 Å². The minimum absolute atomic E-state index is 0.0323. The summed E-state index contributed by atoms with van der Waals surface area (Å²) in [4.78, 5) is 18.8. The molecule has 1 aromatic heterocycles. The minimum atomic E-state index is 0.0323. The molecule has 0 saturated heterocycles. The molecule has 1 fully saturated rings. The smallest absolute Gasteiger partial charge is 0.231 e. The highest BCUT2D eigenvalue weighted by Crippen LogP contribution is 2.40. The van der Waals surface area contributed by atoms with Gasteiger partial charge in [0.1, 0.15) is 0 Å². The van der Waals surface area contributed by atoms with Gasteiger partial charge in [0.15, 0.2) is 11.5 Å². The van der Waals surface area contributed by atoms with Crippen molar-refractivity contribution in [3.05, 3.63) is 47.2 Å². The van der Waals surface area contributed by atoms with E-state index in [4.69, 9.17) is 21.1 Å². The number of ether oxygens (including phenoxy) is 2. The van der Waals surface area contributed by atoms with Crippen LogP contribution in [0.2, 0.25) is 5.02 Å². The van der Waals surface area contributed by atoms with E-state index in [0.717, 1.165) is 17.8 Å². The van der Waals surface area contributed by atoms with Crippen LogP contribution in [-0.2, 0) is 11.2 Å². The summed E-state index contributed by atoms with van der Waals surface area (Å²) in [5.74, 6) is 1.77. The van der Waals surface area contributed by atoms with Crippen LogP contribution in [0.3, 0.4) is 0 Å². The summed E-state index contributed by atoms with van der Waals surface area (Å²) < 4.78 is 10.7. The number of nitrogens with zero attached hydrogens (tertiary/aromatic N) is 2. The molecule has 1 aliphatic carbocycles.